The van der Waals surface area contributed by atoms with E-state index in [0.29, 0.717) is 11.1 Å². The van der Waals surface area contributed by atoms with Crippen LogP contribution in [-0.2, 0) is 19.1 Å². The first kappa shape index (κ1) is 18.0. The predicted octanol–water partition coefficient (Wildman–Crippen LogP) is 4.35. The molecule has 4 heteroatoms. The first-order valence-corrected chi connectivity index (χ1v) is 7.53. The van der Waals surface area contributed by atoms with Crippen LogP contribution in [0.25, 0.3) is 0 Å². The maximum atomic E-state index is 10.9. The molecule has 2 aliphatic carbocycles. The van der Waals surface area contributed by atoms with Crippen LogP contribution in [0.3, 0.4) is 0 Å². The second kappa shape index (κ2) is 9.03. The average molecular weight is 304 g/mol. The Balaban J connectivity index is 0.000000220. The van der Waals surface area contributed by atoms with Crippen LogP contribution in [-0.4, -0.2) is 11.9 Å². The van der Waals surface area contributed by atoms with E-state index >= 15 is 0 Å². The maximum Gasteiger partial charge on any atom is 0.338 e. The predicted molar refractivity (Wildman–Crippen MR) is 85.7 cm³/mol. The molecule has 0 N–H and O–H groups in total. The number of hydrogen-bond acceptors (Lipinski definition) is 4. The summed E-state index contributed by atoms with van der Waals surface area (Å²) in [4.78, 5) is 21.9. The summed E-state index contributed by atoms with van der Waals surface area (Å²) in [6.45, 7) is 10.3. The van der Waals surface area contributed by atoms with E-state index in [-0.39, 0.29) is 11.9 Å². The van der Waals surface area contributed by atoms with E-state index < -0.39 is 0 Å². The minimum absolute atomic E-state index is 0.307. The lowest BCUT2D eigenvalue weighted by Gasteiger charge is -2.02. The lowest BCUT2D eigenvalue weighted by atomic mass is 10.3. The van der Waals surface area contributed by atoms with E-state index in [4.69, 9.17) is 9.47 Å². The second-order valence-corrected chi connectivity index (χ2v) is 5.47. The van der Waals surface area contributed by atoms with Crippen molar-refractivity contribution in [2.24, 2.45) is 0 Å². The lowest BCUT2D eigenvalue weighted by molar-refractivity contribution is -0.136. The molecule has 120 valence electrons. The van der Waals surface area contributed by atoms with Crippen LogP contribution in [0.1, 0.15) is 52.4 Å². The number of carbonyl (C=O) groups excluding carboxylic acids is 2. The maximum absolute atomic E-state index is 10.9. The minimum atomic E-state index is -0.307. The van der Waals surface area contributed by atoms with Crippen molar-refractivity contribution >= 4 is 11.9 Å². The van der Waals surface area contributed by atoms with Crippen molar-refractivity contribution in [2.75, 3.05) is 0 Å². The summed E-state index contributed by atoms with van der Waals surface area (Å²) in [5.41, 5.74) is 0.913. The van der Waals surface area contributed by atoms with Gasteiger partial charge in [0, 0.05) is 24.0 Å². The number of allylic oxidation sites excluding steroid dienone is 4. The van der Waals surface area contributed by atoms with Gasteiger partial charge in [0.25, 0.3) is 0 Å². The van der Waals surface area contributed by atoms with Crippen molar-refractivity contribution in [3.8, 4) is 0 Å². The van der Waals surface area contributed by atoms with Gasteiger partial charge in [-0.05, 0) is 51.7 Å². The van der Waals surface area contributed by atoms with Crippen LogP contribution in [0.5, 0.6) is 0 Å². The molecule has 0 aromatic rings. The molecule has 0 atom stereocenters. The smallest absolute Gasteiger partial charge is 0.338 e. The summed E-state index contributed by atoms with van der Waals surface area (Å²) in [5.74, 6) is 0.993. The summed E-state index contributed by atoms with van der Waals surface area (Å²) >= 11 is 0. The van der Waals surface area contributed by atoms with E-state index in [2.05, 4.69) is 13.2 Å². The number of rotatable bonds is 4. The highest BCUT2D eigenvalue weighted by Gasteiger charge is 2.11. The Morgan fingerprint density at radius 1 is 0.864 bits per heavy atom. The third-order valence-corrected chi connectivity index (χ3v) is 3.14. The molecule has 2 rings (SSSR count). The zero-order valence-electron chi connectivity index (χ0n) is 13.4. The van der Waals surface area contributed by atoms with E-state index in [1.54, 1.807) is 13.8 Å². The Morgan fingerprint density at radius 3 is 1.45 bits per heavy atom. The highest BCUT2D eigenvalue weighted by Crippen LogP contribution is 2.19. The fourth-order valence-electron chi connectivity index (χ4n) is 1.88. The fourth-order valence-corrected chi connectivity index (χ4v) is 1.88. The van der Waals surface area contributed by atoms with Gasteiger partial charge in [-0.15, -0.1) is 0 Å². The van der Waals surface area contributed by atoms with Crippen LogP contribution >= 0.6 is 0 Å². The van der Waals surface area contributed by atoms with Gasteiger partial charge in [0.15, 0.2) is 0 Å². The molecule has 4 nitrogen and oxygen atoms in total. The van der Waals surface area contributed by atoms with Crippen LogP contribution in [0.2, 0.25) is 0 Å². The monoisotopic (exact) mass is 304 g/mol. The number of esters is 2. The Morgan fingerprint density at radius 2 is 1.23 bits per heavy atom. The van der Waals surface area contributed by atoms with Gasteiger partial charge in [-0.25, -0.2) is 9.59 Å². The number of hydrogen-bond donors (Lipinski definition) is 0. The zero-order chi connectivity index (χ0) is 16.5. The molecular formula is C18H24O4. The summed E-state index contributed by atoms with van der Waals surface area (Å²) < 4.78 is 9.99. The third kappa shape index (κ3) is 6.57. The summed E-state index contributed by atoms with van der Waals surface area (Å²) in [7, 11) is 0. The first-order valence-electron chi connectivity index (χ1n) is 7.53. The number of carbonyl (C=O) groups is 2. The molecule has 0 unspecified atom stereocenters. The molecule has 22 heavy (non-hydrogen) atoms. The van der Waals surface area contributed by atoms with Gasteiger partial charge < -0.3 is 9.47 Å². The van der Waals surface area contributed by atoms with Crippen molar-refractivity contribution < 1.29 is 19.1 Å². The SMILES string of the molecule is C=C(C)C(=O)OC1=CCCC1.C=C(C)C(=O)OC1=CCCC1. The highest BCUT2D eigenvalue weighted by molar-refractivity contribution is 5.88. The van der Waals surface area contributed by atoms with Gasteiger partial charge in [0.2, 0.25) is 0 Å². The molecule has 0 aromatic heterocycles. The number of ether oxygens (including phenoxy) is 2. The van der Waals surface area contributed by atoms with Gasteiger partial charge in [-0.2, -0.15) is 0 Å². The van der Waals surface area contributed by atoms with E-state index in [0.717, 1.165) is 50.0 Å². The molecule has 0 bridgehead atoms. The van der Waals surface area contributed by atoms with E-state index in [1.807, 2.05) is 12.2 Å². The molecule has 2 aliphatic rings. The Labute approximate surface area is 132 Å². The van der Waals surface area contributed by atoms with Crippen molar-refractivity contribution in [1.29, 1.82) is 0 Å². The largest absolute Gasteiger partial charge is 0.428 e. The third-order valence-electron chi connectivity index (χ3n) is 3.14. The first-order chi connectivity index (χ1) is 10.4. The average Bonchev–Trinajstić information content (AvgIpc) is 3.12. The molecule has 0 saturated heterocycles. The van der Waals surface area contributed by atoms with Crippen molar-refractivity contribution in [3.05, 3.63) is 48.0 Å². The van der Waals surface area contributed by atoms with Crippen LogP contribution in [0.4, 0.5) is 0 Å². The molecule has 0 saturated carbocycles. The van der Waals surface area contributed by atoms with Crippen LogP contribution in [0, 0.1) is 0 Å². The van der Waals surface area contributed by atoms with Crippen LogP contribution < -0.4 is 0 Å². The standard InChI is InChI=1S/2C9H12O2/c2*1-7(2)9(10)11-8-5-3-4-6-8/h2*5H,1,3-4,6H2,2H3. The molecule has 0 spiro atoms. The highest BCUT2D eigenvalue weighted by atomic mass is 16.5. The molecule has 0 aromatic carbocycles. The van der Waals surface area contributed by atoms with E-state index in [9.17, 15) is 9.59 Å². The summed E-state index contributed by atoms with van der Waals surface area (Å²) in [5, 5.41) is 0. The van der Waals surface area contributed by atoms with Crippen molar-refractivity contribution in [3.63, 3.8) is 0 Å². The van der Waals surface area contributed by atoms with E-state index in [1.165, 1.54) is 0 Å². The summed E-state index contributed by atoms with van der Waals surface area (Å²) in [6, 6.07) is 0. The van der Waals surface area contributed by atoms with Crippen molar-refractivity contribution in [1.82, 2.24) is 0 Å². The fraction of sp³-hybridized carbons (Fsp3) is 0.444. The molecule has 0 fully saturated rings. The molecule has 0 amide bonds. The molecular weight excluding hydrogens is 280 g/mol. The van der Waals surface area contributed by atoms with Gasteiger partial charge in [0.05, 0.1) is 0 Å². The quantitative estimate of drug-likeness (QED) is 0.572. The molecule has 0 heterocycles. The molecule has 0 radical (unpaired) electrons. The van der Waals surface area contributed by atoms with Gasteiger partial charge in [0.1, 0.15) is 11.5 Å². The van der Waals surface area contributed by atoms with Gasteiger partial charge in [-0.3, -0.25) is 0 Å². The topological polar surface area (TPSA) is 52.6 Å². The molecule has 0 aliphatic heterocycles. The summed E-state index contributed by atoms with van der Waals surface area (Å²) in [6.07, 6.45) is 9.94. The van der Waals surface area contributed by atoms with Crippen molar-refractivity contribution in [2.45, 2.75) is 52.4 Å². The Kier molecular flexibility index (Phi) is 7.37. The van der Waals surface area contributed by atoms with Crippen LogP contribution in [0.15, 0.2) is 48.0 Å². The lowest BCUT2D eigenvalue weighted by Crippen LogP contribution is -2.03. The normalized spacial score (nSPS) is 15.9. The van der Waals surface area contributed by atoms with Gasteiger partial charge in [-0.1, -0.05) is 13.2 Å². The Bertz CT molecular complexity index is 475. The second-order valence-electron chi connectivity index (χ2n) is 5.47. The zero-order valence-corrected chi connectivity index (χ0v) is 13.4. The van der Waals surface area contributed by atoms with Gasteiger partial charge >= 0.3 is 11.9 Å². The Hall–Kier alpha value is -2.10. The minimum Gasteiger partial charge on any atom is -0.428 e.